The minimum Gasteiger partial charge on any atom is -0.327 e. The van der Waals surface area contributed by atoms with E-state index in [0.717, 1.165) is 6.42 Å². The van der Waals surface area contributed by atoms with Crippen molar-refractivity contribution in [1.82, 2.24) is 0 Å². The number of carbonyl (C=O) groups excluding carboxylic acids is 1. The van der Waals surface area contributed by atoms with E-state index in [0.29, 0.717) is 5.69 Å². The second-order valence-corrected chi connectivity index (χ2v) is 6.46. The van der Waals surface area contributed by atoms with E-state index < -0.39 is 4.92 Å². The number of nitrogens with two attached hydrogens (primary N) is 1. The molecule has 6 heteroatoms. The van der Waals surface area contributed by atoms with Crippen LogP contribution in [0.2, 0.25) is 0 Å². The first-order valence-electron chi connectivity index (χ1n) is 6.87. The van der Waals surface area contributed by atoms with Gasteiger partial charge in [-0.15, -0.1) is 0 Å². The molecule has 0 saturated carbocycles. The number of hydrogen-bond acceptors (Lipinski definition) is 4. The number of carbonyl (C=O) groups is 1. The minimum atomic E-state index is -0.467. The average Bonchev–Trinajstić information content (AvgIpc) is 2.35. The summed E-state index contributed by atoms with van der Waals surface area (Å²) in [4.78, 5) is 23.8. The van der Waals surface area contributed by atoms with Gasteiger partial charge in [-0.3, -0.25) is 14.9 Å². The number of hydrogen-bond donors (Lipinski definition) is 1. The Morgan fingerprint density at radius 2 is 1.86 bits per heavy atom. The van der Waals surface area contributed by atoms with Crippen LogP contribution in [-0.4, -0.2) is 23.9 Å². The maximum Gasteiger partial charge on any atom is 0.269 e. The molecule has 1 amide bonds. The van der Waals surface area contributed by atoms with Crippen LogP contribution in [0.5, 0.6) is 0 Å². The fourth-order valence-electron chi connectivity index (χ4n) is 2.16. The number of benzene rings is 1. The average molecular weight is 293 g/mol. The summed E-state index contributed by atoms with van der Waals surface area (Å²) >= 11 is 0. The van der Waals surface area contributed by atoms with Gasteiger partial charge in [0.25, 0.3) is 5.69 Å². The Labute approximate surface area is 125 Å². The Morgan fingerprint density at radius 1 is 1.33 bits per heavy atom. The van der Waals surface area contributed by atoms with Crippen LogP contribution in [0.3, 0.4) is 0 Å². The SMILES string of the molecule is CN(C(=O)CC(N)CC(C)(C)C)c1ccc([N+](=O)[O-])cc1. The molecule has 0 aromatic heterocycles. The van der Waals surface area contributed by atoms with Gasteiger partial charge in [0.2, 0.25) is 5.91 Å². The van der Waals surface area contributed by atoms with Crippen LogP contribution in [0.15, 0.2) is 24.3 Å². The molecule has 6 nitrogen and oxygen atoms in total. The molecule has 116 valence electrons. The molecule has 1 aromatic rings. The zero-order valence-corrected chi connectivity index (χ0v) is 13.0. The van der Waals surface area contributed by atoms with Crippen LogP contribution in [0.4, 0.5) is 11.4 Å². The number of non-ortho nitro benzene ring substituents is 1. The maximum absolute atomic E-state index is 12.2. The second-order valence-electron chi connectivity index (χ2n) is 6.46. The van der Waals surface area contributed by atoms with Gasteiger partial charge in [-0.05, 0) is 24.0 Å². The minimum absolute atomic E-state index is 0.00373. The molecule has 1 unspecified atom stereocenters. The molecule has 1 rings (SSSR count). The lowest BCUT2D eigenvalue weighted by Gasteiger charge is -2.24. The van der Waals surface area contributed by atoms with E-state index in [1.807, 2.05) is 0 Å². The molecule has 0 radical (unpaired) electrons. The molecule has 0 aliphatic rings. The fraction of sp³-hybridized carbons (Fsp3) is 0.533. The van der Waals surface area contributed by atoms with E-state index in [2.05, 4.69) is 20.8 Å². The first-order chi connectivity index (χ1) is 9.60. The van der Waals surface area contributed by atoms with Crippen molar-refractivity contribution in [2.75, 3.05) is 11.9 Å². The molecule has 0 bridgehead atoms. The first kappa shape index (κ1) is 17.1. The number of nitro groups is 1. The largest absolute Gasteiger partial charge is 0.327 e. The summed E-state index contributed by atoms with van der Waals surface area (Å²) in [5.74, 6) is -0.0967. The second kappa shape index (κ2) is 6.67. The summed E-state index contributed by atoms with van der Waals surface area (Å²) in [6.07, 6.45) is 1.01. The predicted molar refractivity (Wildman–Crippen MR) is 83.2 cm³/mol. The van der Waals surface area contributed by atoms with E-state index in [1.54, 1.807) is 19.2 Å². The highest BCUT2D eigenvalue weighted by Crippen LogP contribution is 2.23. The molecule has 1 atom stereocenters. The van der Waals surface area contributed by atoms with Gasteiger partial charge in [0.15, 0.2) is 0 Å². The number of nitrogens with zero attached hydrogens (tertiary/aromatic N) is 2. The standard InChI is InChI=1S/C15H23N3O3/c1-15(2,3)10-11(16)9-14(19)17(4)12-5-7-13(8-6-12)18(20)21/h5-8,11H,9-10,16H2,1-4H3. The van der Waals surface area contributed by atoms with Crippen molar-refractivity contribution in [2.24, 2.45) is 11.1 Å². The fourth-order valence-corrected chi connectivity index (χ4v) is 2.16. The van der Waals surface area contributed by atoms with Crippen molar-refractivity contribution in [3.63, 3.8) is 0 Å². The maximum atomic E-state index is 12.2. The number of rotatable bonds is 5. The van der Waals surface area contributed by atoms with Gasteiger partial charge < -0.3 is 10.6 Å². The highest BCUT2D eigenvalue weighted by Gasteiger charge is 2.20. The van der Waals surface area contributed by atoms with Gasteiger partial charge in [0, 0.05) is 37.3 Å². The highest BCUT2D eigenvalue weighted by molar-refractivity contribution is 5.93. The Kier molecular flexibility index (Phi) is 5.43. The molecule has 21 heavy (non-hydrogen) atoms. The summed E-state index contributed by atoms with van der Waals surface area (Å²) in [5.41, 5.74) is 6.70. The third-order valence-corrected chi connectivity index (χ3v) is 3.13. The smallest absolute Gasteiger partial charge is 0.269 e. The van der Waals surface area contributed by atoms with Crippen LogP contribution in [0.25, 0.3) is 0 Å². The van der Waals surface area contributed by atoms with Crippen molar-refractivity contribution < 1.29 is 9.72 Å². The molecule has 1 aromatic carbocycles. The summed E-state index contributed by atoms with van der Waals surface area (Å²) in [6.45, 7) is 6.24. The van der Waals surface area contributed by atoms with Crippen LogP contribution < -0.4 is 10.6 Å². The van der Waals surface area contributed by atoms with Crippen molar-refractivity contribution >= 4 is 17.3 Å². The van der Waals surface area contributed by atoms with Crippen molar-refractivity contribution in [3.05, 3.63) is 34.4 Å². The van der Waals surface area contributed by atoms with Crippen LogP contribution in [0, 0.1) is 15.5 Å². The molecule has 0 aliphatic carbocycles. The molecule has 0 spiro atoms. The highest BCUT2D eigenvalue weighted by atomic mass is 16.6. The zero-order chi connectivity index (χ0) is 16.2. The molecular formula is C15H23N3O3. The lowest BCUT2D eigenvalue weighted by molar-refractivity contribution is -0.384. The van der Waals surface area contributed by atoms with Crippen LogP contribution >= 0.6 is 0 Å². The summed E-state index contributed by atoms with van der Waals surface area (Å²) < 4.78 is 0. The van der Waals surface area contributed by atoms with Gasteiger partial charge in [-0.2, -0.15) is 0 Å². The summed E-state index contributed by atoms with van der Waals surface area (Å²) in [6, 6.07) is 5.69. The van der Waals surface area contributed by atoms with Gasteiger partial charge in [0.05, 0.1) is 4.92 Å². The van der Waals surface area contributed by atoms with E-state index >= 15 is 0 Å². The third-order valence-electron chi connectivity index (χ3n) is 3.13. The third kappa shape index (κ3) is 5.51. The number of anilines is 1. The lowest BCUT2D eigenvalue weighted by Crippen LogP contribution is -2.35. The monoisotopic (exact) mass is 293 g/mol. The van der Waals surface area contributed by atoms with Gasteiger partial charge in [-0.25, -0.2) is 0 Å². The molecule has 0 fully saturated rings. The molecule has 0 heterocycles. The van der Waals surface area contributed by atoms with Crippen molar-refractivity contribution in [1.29, 1.82) is 0 Å². The van der Waals surface area contributed by atoms with Crippen LogP contribution in [0.1, 0.15) is 33.6 Å². The number of amides is 1. The Morgan fingerprint density at radius 3 is 2.29 bits per heavy atom. The predicted octanol–water partition coefficient (Wildman–Crippen LogP) is 2.71. The van der Waals surface area contributed by atoms with Gasteiger partial charge in [0.1, 0.15) is 0 Å². The van der Waals surface area contributed by atoms with Gasteiger partial charge in [-0.1, -0.05) is 20.8 Å². The normalized spacial score (nSPS) is 12.8. The zero-order valence-electron chi connectivity index (χ0n) is 13.0. The van der Waals surface area contributed by atoms with Gasteiger partial charge >= 0.3 is 0 Å². The van der Waals surface area contributed by atoms with E-state index in [-0.39, 0.29) is 29.5 Å². The summed E-state index contributed by atoms with van der Waals surface area (Å²) in [5, 5.41) is 10.6. The van der Waals surface area contributed by atoms with E-state index in [4.69, 9.17) is 5.73 Å². The molecule has 2 N–H and O–H groups in total. The molecular weight excluding hydrogens is 270 g/mol. The van der Waals surface area contributed by atoms with Crippen LogP contribution in [-0.2, 0) is 4.79 Å². The quantitative estimate of drug-likeness (QED) is 0.667. The van der Waals surface area contributed by atoms with E-state index in [9.17, 15) is 14.9 Å². The van der Waals surface area contributed by atoms with Crippen molar-refractivity contribution in [2.45, 2.75) is 39.7 Å². The molecule has 0 saturated heterocycles. The van der Waals surface area contributed by atoms with Crippen molar-refractivity contribution in [3.8, 4) is 0 Å². The summed E-state index contributed by atoms with van der Waals surface area (Å²) in [7, 11) is 1.65. The Hall–Kier alpha value is -1.95. The topological polar surface area (TPSA) is 89.5 Å². The van der Waals surface area contributed by atoms with E-state index in [1.165, 1.54) is 17.0 Å². The lowest BCUT2D eigenvalue weighted by atomic mass is 9.87. The Balaban J connectivity index is 2.67. The number of nitro benzene ring substituents is 1. The molecule has 0 aliphatic heterocycles. The first-order valence-corrected chi connectivity index (χ1v) is 6.87. The Bertz CT molecular complexity index is 506.